The van der Waals surface area contributed by atoms with Crippen LogP contribution in [-0.4, -0.2) is 40.6 Å². The van der Waals surface area contributed by atoms with Crippen molar-refractivity contribution in [1.29, 1.82) is 0 Å². The number of benzene rings is 1. The van der Waals surface area contributed by atoms with Crippen LogP contribution in [0.1, 0.15) is 35.7 Å². The largest absolute Gasteiger partial charge is 0.489 e. The van der Waals surface area contributed by atoms with E-state index in [1.54, 1.807) is 0 Å². The maximum Gasteiger partial charge on any atom is 0.433 e. The Labute approximate surface area is 178 Å². The molecule has 0 unspecified atom stereocenters. The van der Waals surface area contributed by atoms with Crippen LogP contribution in [0.4, 0.5) is 13.2 Å². The quantitative estimate of drug-likeness (QED) is 0.733. The molecule has 1 aliphatic heterocycles. The van der Waals surface area contributed by atoms with Crippen molar-refractivity contribution in [3.05, 3.63) is 64.5 Å². The number of allylic oxidation sites excluding steroid dienone is 1. The predicted octanol–water partition coefficient (Wildman–Crippen LogP) is 4.42. The topological polar surface area (TPSA) is 62.7 Å². The van der Waals surface area contributed by atoms with Gasteiger partial charge in [-0.05, 0) is 66.3 Å². The van der Waals surface area contributed by atoms with Gasteiger partial charge in [-0.25, -0.2) is 0 Å². The first-order chi connectivity index (χ1) is 14.7. The molecule has 0 atom stereocenters. The van der Waals surface area contributed by atoms with Gasteiger partial charge in [-0.3, -0.25) is 14.7 Å². The van der Waals surface area contributed by atoms with Crippen LogP contribution >= 0.6 is 0 Å². The minimum atomic E-state index is -4.48. The van der Waals surface area contributed by atoms with Gasteiger partial charge in [-0.2, -0.15) is 13.2 Å². The zero-order chi connectivity index (χ0) is 22.2. The minimum absolute atomic E-state index is 0.0319. The standard InChI is InChI=1S/C23H23F3N2O3/c1-14-17(10-28-11-18(12-28)22(29)30)3-2-16-9-19(4-5-20(14)16)31-13-15-6-7-27-21(8-15)23(24,25)26/h4-9,18H,2-3,10-13H2,1H3,(H,29,30). The molecule has 0 bridgehead atoms. The highest BCUT2D eigenvalue weighted by molar-refractivity contribution is 5.73. The Balaban J connectivity index is 1.41. The number of ether oxygens (including phenoxy) is 1. The molecular weight excluding hydrogens is 409 g/mol. The molecule has 2 aliphatic rings. The molecule has 2 heterocycles. The summed E-state index contributed by atoms with van der Waals surface area (Å²) in [7, 11) is 0. The van der Waals surface area contributed by atoms with E-state index in [1.165, 1.54) is 17.2 Å². The molecule has 1 aliphatic carbocycles. The Morgan fingerprint density at radius 2 is 2.00 bits per heavy atom. The van der Waals surface area contributed by atoms with Crippen molar-refractivity contribution in [1.82, 2.24) is 9.88 Å². The summed E-state index contributed by atoms with van der Waals surface area (Å²) >= 11 is 0. The van der Waals surface area contributed by atoms with Crippen LogP contribution in [-0.2, 0) is 24.0 Å². The van der Waals surface area contributed by atoms with E-state index in [0.717, 1.165) is 42.8 Å². The van der Waals surface area contributed by atoms with E-state index in [9.17, 15) is 18.0 Å². The maximum absolute atomic E-state index is 12.8. The van der Waals surface area contributed by atoms with Gasteiger partial charge in [0.25, 0.3) is 0 Å². The summed E-state index contributed by atoms with van der Waals surface area (Å²) in [5.74, 6) is -0.374. The fourth-order valence-electron chi connectivity index (χ4n) is 4.10. The van der Waals surface area contributed by atoms with Crippen LogP contribution in [0, 0.1) is 5.92 Å². The summed E-state index contributed by atoms with van der Waals surface area (Å²) in [4.78, 5) is 16.5. The fraction of sp³-hybridized carbons (Fsp3) is 0.391. The Kier molecular flexibility index (Phi) is 5.75. The molecule has 1 saturated heterocycles. The van der Waals surface area contributed by atoms with Crippen LogP contribution in [0.15, 0.2) is 42.1 Å². The third-order valence-corrected chi connectivity index (χ3v) is 5.95. The molecule has 1 aromatic carbocycles. The number of rotatable bonds is 6. The number of aromatic nitrogens is 1. The molecule has 164 valence electrons. The smallest absolute Gasteiger partial charge is 0.433 e. The Morgan fingerprint density at radius 1 is 1.23 bits per heavy atom. The molecule has 1 N–H and O–H groups in total. The molecule has 0 amide bonds. The molecule has 1 fully saturated rings. The number of aliphatic carboxylic acids is 1. The van der Waals surface area contributed by atoms with Gasteiger partial charge in [0.1, 0.15) is 18.1 Å². The summed E-state index contributed by atoms with van der Waals surface area (Å²) in [6.45, 7) is 4.09. The first kappa shape index (κ1) is 21.4. The van der Waals surface area contributed by atoms with Crippen molar-refractivity contribution in [2.45, 2.75) is 32.5 Å². The van der Waals surface area contributed by atoms with Crippen molar-refractivity contribution < 1.29 is 27.8 Å². The van der Waals surface area contributed by atoms with Crippen molar-refractivity contribution >= 4 is 11.5 Å². The molecule has 0 spiro atoms. The van der Waals surface area contributed by atoms with Crippen LogP contribution in [0.5, 0.6) is 5.75 Å². The highest BCUT2D eigenvalue weighted by atomic mass is 19.4. The molecular formula is C23H23F3N2O3. The van der Waals surface area contributed by atoms with E-state index in [4.69, 9.17) is 9.84 Å². The molecule has 2 aromatic rings. The first-order valence-electron chi connectivity index (χ1n) is 10.1. The molecule has 1 aromatic heterocycles. The van der Waals surface area contributed by atoms with E-state index in [2.05, 4.69) is 16.8 Å². The monoisotopic (exact) mass is 432 g/mol. The summed E-state index contributed by atoms with van der Waals surface area (Å²) in [5.41, 5.74) is 4.30. The third-order valence-electron chi connectivity index (χ3n) is 5.95. The number of pyridine rings is 1. The van der Waals surface area contributed by atoms with Gasteiger partial charge in [-0.15, -0.1) is 0 Å². The maximum atomic E-state index is 12.8. The van der Waals surface area contributed by atoms with Crippen molar-refractivity contribution in [3.63, 3.8) is 0 Å². The van der Waals surface area contributed by atoms with Gasteiger partial charge >= 0.3 is 12.1 Å². The lowest BCUT2D eigenvalue weighted by atomic mass is 9.85. The van der Waals surface area contributed by atoms with Crippen LogP contribution in [0.25, 0.3) is 5.57 Å². The second-order valence-corrected chi connectivity index (χ2v) is 8.11. The highest BCUT2D eigenvalue weighted by Crippen LogP contribution is 2.35. The second-order valence-electron chi connectivity index (χ2n) is 8.11. The van der Waals surface area contributed by atoms with E-state index < -0.39 is 17.8 Å². The summed E-state index contributed by atoms with van der Waals surface area (Å²) < 4.78 is 44.2. The van der Waals surface area contributed by atoms with E-state index >= 15 is 0 Å². The van der Waals surface area contributed by atoms with Crippen molar-refractivity contribution in [2.24, 2.45) is 5.92 Å². The normalized spacial score (nSPS) is 17.3. The molecule has 5 nitrogen and oxygen atoms in total. The van der Waals surface area contributed by atoms with Gasteiger partial charge in [0.2, 0.25) is 0 Å². The van der Waals surface area contributed by atoms with Crippen LogP contribution < -0.4 is 4.74 Å². The third kappa shape index (κ3) is 4.74. The Morgan fingerprint density at radius 3 is 2.71 bits per heavy atom. The SMILES string of the molecule is CC1=C(CN2CC(C(=O)O)C2)CCc2cc(OCc3ccnc(C(F)(F)F)c3)ccc21. The average molecular weight is 432 g/mol. The number of carbonyl (C=O) groups is 1. The lowest BCUT2D eigenvalue weighted by Gasteiger charge is -2.38. The number of hydrogen-bond acceptors (Lipinski definition) is 4. The number of aryl methyl sites for hydroxylation is 1. The second kappa shape index (κ2) is 8.34. The van der Waals surface area contributed by atoms with Crippen LogP contribution in [0.2, 0.25) is 0 Å². The summed E-state index contributed by atoms with van der Waals surface area (Å²) in [5, 5.41) is 9.03. The Hall–Kier alpha value is -2.87. The number of hydrogen-bond donors (Lipinski definition) is 1. The van der Waals surface area contributed by atoms with Gasteiger partial charge in [0.15, 0.2) is 0 Å². The number of fused-ring (bicyclic) bond motifs is 1. The van der Waals surface area contributed by atoms with Gasteiger partial charge in [0.05, 0.1) is 5.92 Å². The van der Waals surface area contributed by atoms with E-state index in [-0.39, 0.29) is 12.5 Å². The number of carboxylic acid groups (broad SMARTS) is 1. The van der Waals surface area contributed by atoms with Crippen molar-refractivity contribution in [2.75, 3.05) is 19.6 Å². The fourth-order valence-corrected chi connectivity index (χ4v) is 4.10. The number of carboxylic acids is 1. The van der Waals surface area contributed by atoms with Gasteiger partial charge < -0.3 is 9.84 Å². The first-order valence-corrected chi connectivity index (χ1v) is 10.1. The zero-order valence-electron chi connectivity index (χ0n) is 17.1. The number of likely N-dealkylation sites (tertiary alicyclic amines) is 1. The minimum Gasteiger partial charge on any atom is -0.489 e. The molecule has 0 saturated carbocycles. The molecule has 0 radical (unpaired) electrons. The molecule has 31 heavy (non-hydrogen) atoms. The van der Waals surface area contributed by atoms with Gasteiger partial charge in [-0.1, -0.05) is 11.6 Å². The molecule has 8 heteroatoms. The highest BCUT2D eigenvalue weighted by Gasteiger charge is 2.33. The number of alkyl halides is 3. The lowest BCUT2D eigenvalue weighted by molar-refractivity contribution is -0.147. The van der Waals surface area contributed by atoms with E-state index in [1.807, 2.05) is 18.2 Å². The average Bonchev–Trinajstić information content (AvgIpc) is 2.69. The summed E-state index contributed by atoms with van der Waals surface area (Å²) in [6.07, 6.45) is -1.59. The summed E-state index contributed by atoms with van der Waals surface area (Å²) in [6, 6.07) is 8.29. The van der Waals surface area contributed by atoms with Crippen LogP contribution in [0.3, 0.4) is 0 Å². The number of halogens is 3. The zero-order valence-corrected chi connectivity index (χ0v) is 17.1. The number of nitrogens with zero attached hydrogens (tertiary/aromatic N) is 2. The van der Waals surface area contributed by atoms with Crippen molar-refractivity contribution in [3.8, 4) is 5.75 Å². The lowest BCUT2D eigenvalue weighted by Crippen LogP contribution is -2.50. The Bertz CT molecular complexity index is 1030. The van der Waals surface area contributed by atoms with E-state index in [0.29, 0.717) is 24.4 Å². The van der Waals surface area contributed by atoms with Gasteiger partial charge in [0, 0.05) is 25.8 Å². The predicted molar refractivity (Wildman–Crippen MR) is 108 cm³/mol. The molecule has 4 rings (SSSR count).